The third-order valence-electron chi connectivity index (χ3n) is 2.48. The van der Waals surface area contributed by atoms with Crippen LogP contribution >= 0.6 is 0 Å². The van der Waals surface area contributed by atoms with E-state index in [0.717, 1.165) is 0 Å². The van der Waals surface area contributed by atoms with Gasteiger partial charge in [0, 0.05) is 13.2 Å². The van der Waals surface area contributed by atoms with Crippen LogP contribution in [0.4, 0.5) is 9.59 Å². The molecule has 2 fully saturated rings. The molecule has 2 saturated heterocycles. The molecule has 0 radical (unpaired) electrons. The van der Waals surface area contributed by atoms with Crippen LogP contribution in [0, 0.1) is 0 Å². The van der Waals surface area contributed by atoms with Gasteiger partial charge in [-0.1, -0.05) is 0 Å². The minimum absolute atomic E-state index is 0.238. The quantitative estimate of drug-likeness (QED) is 0.467. The number of carbonyl (C=O) groups excluding carboxylic acids is 2. The molecule has 0 bridgehead atoms. The molecule has 19 heavy (non-hydrogen) atoms. The molecular weight excluding hydrogens is 260 g/mol. The Morgan fingerprint density at radius 3 is 1.74 bits per heavy atom. The second kappa shape index (κ2) is 7.15. The summed E-state index contributed by atoms with van der Waals surface area (Å²) in [7, 11) is 0. The van der Waals surface area contributed by atoms with Gasteiger partial charge < -0.3 is 28.4 Å². The molecule has 0 amide bonds. The maximum Gasteiger partial charge on any atom is 0.508 e. The van der Waals surface area contributed by atoms with Gasteiger partial charge in [0.05, 0.1) is 13.2 Å². The Morgan fingerprint density at radius 2 is 1.37 bits per heavy atom. The van der Waals surface area contributed by atoms with E-state index in [1.807, 2.05) is 0 Å². The predicted octanol–water partition coefficient (Wildman–Crippen LogP) is 0.480. The van der Waals surface area contributed by atoms with Crippen molar-refractivity contribution in [2.45, 2.75) is 18.6 Å². The zero-order valence-electron chi connectivity index (χ0n) is 10.4. The minimum atomic E-state index is -0.648. The van der Waals surface area contributed by atoms with E-state index < -0.39 is 12.3 Å². The minimum Gasteiger partial charge on any atom is -0.430 e. The van der Waals surface area contributed by atoms with Crippen molar-refractivity contribution in [3.63, 3.8) is 0 Å². The largest absolute Gasteiger partial charge is 0.508 e. The fourth-order valence-corrected chi connectivity index (χ4v) is 1.59. The van der Waals surface area contributed by atoms with Crippen molar-refractivity contribution in [1.82, 2.24) is 0 Å². The van der Waals surface area contributed by atoms with Gasteiger partial charge in [0.25, 0.3) is 0 Å². The van der Waals surface area contributed by atoms with Crippen LogP contribution in [0.15, 0.2) is 0 Å². The third kappa shape index (κ3) is 4.92. The monoisotopic (exact) mass is 276 g/mol. The van der Waals surface area contributed by atoms with Crippen molar-refractivity contribution >= 4 is 12.3 Å². The summed E-state index contributed by atoms with van der Waals surface area (Å²) in [4.78, 5) is 21.2. The highest BCUT2D eigenvalue weighted by molar-refractivity contribution is 5.62. The highest BCUT2D eigenvalue weighted by atomic mass is 16.8. The summed E-state index contributed by atoms with van der Waals surface area (Å²) in [5.41, 5.74) is 0. The summed E-state index contributed by atoms with van der Waals surface area (Å²) >= 11 is 0. The van der Waals surface area contributed by atoms with Crippen LogP contribution < -0.4 is 0 Å². The summed E-state index contributed by atoms with van der Waals surface area (Å²) in [6, 6.07) is 0. The highest BCUT2D eigenvalue weighted by Gasteiger charge is 2.25. The summed E-state index contributed by atoms with van der Waals surface area (Å²) < 4.78 is 29.4. The Balaban J connectivity index is 1.38. The number of hydrogen-bond acceptors (Lipinski definition) is 8. The zero-order valence-corrected chi connectivity index (χ0v) is 10.4. The Bertz CT molecular complexity index is 288. The van der Waals surface area contributed by atoms with E-state index in [1.165, 1.54) is 0 Å². The number of ether oxygens (including phenoxy) is 6. The van der Waals surface area contributed by atoms with Crippen LogP contribution in [-0.4, -0.2) is 64.2 Å². The van der Waals surface area contributed by atoms with E-state index in [0.29, 0.717) is 32.8 Å². The SMILES string of the molecule is O=C1OCC(COCCCOCC2COC(=O)O2)O1. The van der Waals surface area contributed by atoms with Gasteiger partial charge >= 0.3 is 12.3 Å². The first-order valence-electron chi connectivity index (χ1n) is 6.06. The molecule has 2 atom stereocenters. The number of cyclic esters (lactones) is 4. The van der Waals surface area contributed by atoms with E-state index in [9.17, 15) is 9.59 Å². The molecule has 108 valence electrons. The molecule has 0 aromatic rings. The first-order chi connectivity index (χ1) is 9.24. The van der Waals surface area contributed by atoms with Crippen LogP contribution in [0.25, 0.3) is 0 Å². The first kappa shape index (κ1) is 13.9. The fourth-order valence-electron chi connectivity index (χ4n) is 1.59. The fraction of sp³-hybridized carbons (Fsp3) is 0.818. The molecule has 0 spiro atoms. The zero-order chi connectivity index (χ0) is 13.5. The third-order valence-corrected chi connectivity index (χ3v) is 2.48. The average molecular weight is 276 g/mol. The van der Waals surface area contributed by atoms with Crippen LogP contribution in [-0.2, 0) is 28.4 Å². The Kier molecular flexibility index (Phi) is 5.22. The van der Waals surface area contributed by atoms with Crippen LogP contribution in [0.2, 0.25) is 0 Å². The highest BCUT2D eigenvalue weighted by Crippen LogP contribution is 2.07. The van der Waals surface area contributed by atoms with Gasteiger partial charge in [-0.25, -0.2) is 9.59 Å². The molecule has 0 N–H and O–H groups in total. The van der Waals surface area contributed by atoms with Crippen LogP contribution in [0.1, 0.15) is 6.42 Å². The van der Waals surface area contributed by atoms with E-state index in [2.05, 4.69) is 9.47 Å². The lowest BCUT2D eigenvalue weighted by molar-refractivity contribution is 0.0177. The molecule has 8 nitrogen and oxygen atoms in total. The van der Waals surface area contributed by atoms with Crippen molar-refractivity contribution in [3.8, 4) is 0 Å². The number of hydrogen-bond donors (Lipinski definition) is 0. The van der Waals surface area contributed by atoms with Gasteiger partial charge in [0.15, 0.2) is 12.2 Å². The summed E-state index contributed by atoms with van der Waals surface area (Å²) in [6.45, 7) is 2.11. The standard InChI is InChI=1S/C11H16O8/c12-10-16-6-8(18-10)4-14-2-1-3-15-5-9-7-17-11(13)19-9/h8-9H,1-7H2. The maximum absolute atomic E-state index is 10.6. The van der Waals surface area contributed by atoms with Gasteiger partial charge in [0.1, 0.15) is 13.2 Å². The van der Waals surface area contributed by atoms with E-state index in [-0.39, 0.29) is 25.4 Å². The van der Waals surface area contributed by atoms with Gasteiger partial charge in [0.2, 0.25) is 0 Å². The molecule has 2 heterocycles. The van der Waals surface area contributed by atoms with E-state index in [1.54, 1.807) is 0 Å². The lowest BCUT2D eigenvalue weighted by Gasteiger charge is -2.09. The summed E-state index contributed by atoms with van der Waals surface area (Å²) in [6.07, 6.45) is -1.23. The van der Waals surface area contributed by atoms with Gasteiger partial charge in [-0.3, -0.25) is 0 Å². The smallest absolute Gasteiger partial charge is 0.430 e. The Morgan fingerprint density at radius 1 is 0.895 bits per heavy atom. The van der Waals surface area contributed by atoms with Crippen molar-refractivity contribution in [3.05, 3.63) is 0 Å². The first-order valence-corrected chi connectivity index (χ1v) is 6.06. The maximum atomic E-state index is 10.6. The molecule has 0 aliphatic carbocycles. The van der Waals surface area contributed by atoms with Crippen LogP contribution in [0.3, 0.4) is 0 Å². The van der Waals surface area contributed by atoms with Crippen molar-refractivity contribution in [1.29, 1.82) is 0 Å². The molecule has 2 aliphatic heterocycles. The molecule has 2 unspecified atom stereocenters. The summed E-state index contributed by atoms with van der Waals surface area (Å²) in [5, 5.41) is 0. The van der Waals surface area contributed by atoms with Gasteiger partial charge in [-0.15, -0.1) is 0 Å². The Labute approximate surface area is 109 Å². The molecule has 0 aromatic heterocycles. The molecule has 0 aromatic carbocycles. The van der Waals surface area contributed by atoms with Crippen molar-refractivity contribution in [2.75, 3.05) is 39.6 Å². The van der Waals surface area contributed by atoms with Crippen molar-refractivity contribution in [2.24, 2.45) is 0 Å². The van der Waals surface area contributed by atoms with Crippen LogP contribution in [0.5, 0.6) is 0 Å². The second-order valence-corrected chi connectivity index (χ2v) is 4.11. The average Bonchev–Trinajstić information content (AvgIpc) is 2.97. The van der Waals surface area contributed by atoms with Gasteiger partial charge in [-0.2, -0.15) is 0 Å². The lowest BCUT2D eigenvalue weighted by atomic mass is 10.4. The molecule has 2 aliphatic rings. The number of carbonyl (C=O) groups is 2. The molecule has 0 saturated carbocycles. The van der Waals surface area contributed by atoms with Gasteiger partial charge in [-0.05, 0) is 6.42 Å². The Hall–Kier alpha value is -1.54. The predicted molar refractivity (Wildman–Crippen MR) is 58.7 cm³/mol. The molecular formula is C11H16O8. The second-order valence-electron chi connectivity index (χ2n) is 4.11. The normalized spacial score (nSPS) is 25.7. The summed E-state index contributed by atoms with van der Waals surface area (Å²) in [5.74, 6) is 0. The molecule has 2 rings (SSSR count). The topological polar surface area (TPSA) is 89.5 Å². The van der Waals surface area contributed by atoms with E-state index in [4.69, 9.17) is 18.9 Å². The molecule has 8 heteroatoms. The lowest BCUT2D eigenvalue weighted by Crippen LogP contribution is -2.20. The number of rotatable bonds is 8. The van der Waals surface area contributed by atoms with E-state index >= 15 is 0 Å². The van der Waals surface area contributed by atoms with Crippen molar-refractivity contribution < 1.29 is 38.0 Å².